The van der Waals surface area contributed by atoms with Gasteiger partial charge in [0.2, 0.25) is 0 Å². The van der Waals surface area contributed by atoms with Gasteiger partial charge >= 0.3 is 0 Å². The van der Waals surface area contributed by atoms with Crippen molar-refractivity contribution in [1.82, 2.24) is 9.55 Å². The SMILES string of the molecule is CCn1c(-c2ccc(N)c(C)c2)nc2c(F)cccc21. The third-order valence-corrected chi connectivity index (χ3v) is 3.57. The van der Waals surface area contributed by atoms with Gasteiger partial charge in [-0.15, -0.1) is 0 Å². The molecule has 0 atom stereocenters. The van der Waals surface area contributed by atoms with E-state index in [-0.39, 0.29) is 5.82 Å². The highest BCUT2D eigenvalue weighted by Gasteiger charge is 2.14. The van der Waals surface area contributed by atoms with Gasteiger partial charge < -0.3 is 10.3 Å². The third-order valence-electron chi connectivity index (χ3n) is 3.57. The van der Waals surface area contributed by atoms with Crippen LogP contribution in [0.25, 0.3) is 22.4 Å². The Morgan fingerprint density at radius 3 is 2.75 bits per heavy atom. The molecule has 0 saturated heterocycles. The number of anilines is 1. The molecule has 0 unspecified atom stereocenters. The molecule has 0 fully saturated rings. The first-order valence-electron chi connectivity index (χ1n) is 6.63. The lowest BCUT2D eigenvalue weighted by Gasteiger charge is -2.08. The summed E-state index contributed by atoms with van der Waals surface area (Å²) in [5.74, 6) is 0.485. The molecule has 3 nitrogen and oxygen atoms in total. The number of benzene rings is 2. The number of aromatic nitrogens is 2. The summed E-state index contributed by atoms with van der Waals surface area (Å²) in [7, 11) is 0. The lowest BCUT2D eigenvalue weighted by Crippen LogP contribution is -1.98. The lowest BCUT2D eigenvalue weighted by molar-refractivity contribution is 0.637. The van der Waals surface area contributed by atoms with E-state index in [1.807, 2.05) is 42.7 Å². The molecule has 0 aliphatic heterocycles. The van der Waals surface area contributed by atoms with Crippen molar-refractivity contribution in [1.29, 1.82) is 0 Å². The van der Waals surface area contributed by atoms with Crippen LogP contribution in [0, 0.1) is 12.7 Å². The average molecular weight is 269 g/mol. The molecule has 3 rings (SSSR count). The number of halogens is 1. The summed E-state index contributed by atoms with van der Waals surface area (Å²) in [5, 5.41) is 0. The number of nitrogens with two attached hydrogens (primary N) is 1. The van der Waals surface area contributed by atoms with E-state index in [2.05, 4.69) is 4.98 Å². The van der Waals surface area contributed by atoms with Crippen molar-refractivity contribution in [2.45, 2.75) is 20.4 Å². The molecule has 0 aliphatic rings. The van der Waals surface area contributed by atoms with Crippen molar-refractivity contribution in [3.63, 3.8) is 0 Å². The van der Waals surface area contributed by atoms with Gasteiger partial charge in [0.15, 0.2) is 5.82 Å². The van der Waals surface area contributed by atoms with Gasteiger partial charge in [-0.1, -0.05) is 6.07 Å². The maximum atomic E-state index is 13.9. The van der Waals surface area contributed by atoms with Crippen LogP contribution in [0.2, 0.25) is 0 Å². The number of rotatable bonds is 2. The summed E-state index contributed by atoms with van der Waals surface area (Å²) in [6.45, 7) is 4.72. The van der Waals surface area contributed by atoms with Crippen LogP contribution >= 0.6 is 0 Å². The van der Waals surface area contributed by atoms with Crippen LogP contribution in [0.15, 0.2) is 36.4 Å². The molecule has 0 radical (unpaired) electrons. The van der Waals surface area contributed by atoms with E-state index in [4.69, 9.17) is 5.73 Å². The minimum Gasteiger partial charge on any atom is -0.399 e. The second-order valence-corrected chi connectivity index (χ2v) is 4.86. The standard InChI is InChI=1S/C16H16FN3/c1-3-20-14-6-4-5-12(17)15(14)19-16(20)11-7-8-13(18)10(2)9-11/h4-9H,3,18H2,1-2H3. The number of para-hydroxylation sites is 1. The molecule has 0 aliphatic carbocycles. The van der Waals surface area contributed by atoms with Crippen molar-refractivity contribution >= 4 is 16.7 Å². The van der Waals surface area contributed by atoms with Gasteiger partial charge in [-0.3, -0.25) is 0 Å². The summed E-state index contributed by atoms with van der Waals surface area (Å²) >= 11 is 0. The first kappa shape index (κ1) is 12.7. The number of imidazole rings is 1. The van der Waals surface area contributed by atoms with Gasteiger partial charge in [-0.25, -0.2) is 9.37 Å². The Morgan fingerprint density at radius 2 is 2.05 bits per heavy atom. The molecule has 0 amide bonds. The molecule has 1 aromatic heterocycles. The Balaban J connectivity index is 2.30. The molecule has 2 aromatic carbocycles. The summed E-state index contributed by atoms with van der Waals surface area (Å²) in [4.78, 5) is 4.47. The number of nitrogens with zero attached hydrogens (tertiary/aromatic N) is 2. The van der Waals surface area contributed by atoms with E-state index < -0.39 is 0 Å². The molecule has 4 heteroatoms. The Bertz CT molecular complexity index is 790. The van der Waals surface area contributed by atoms with E-state index in [1.54, 1.807) is 6.07 Å². The van der Waals surface area contributed by atoms with Gasteiger partial charge in [0.05, 0.1) is 5.52 Å². The number of fused-ring (bicyclic) bond motifs is 1. The number of nitrogen functional groups attached to an aromatic ring is 1. The van der Waals surface area contributed by atoms with Crippen molar-refractivity contribution in [3.05, 3.63) is 47.8 Å². The van der Waals surface area contributed by atoms with Crippen LogP contribution < -0.4 is 5.73 Å². The lowest BCUT2D eigenvalue weighted by atomic mass is 10.1. The Labute approximate surface area is 116 Å². The zero-order chi connectivity index (χ0) is 14.3. The van der Waals surface area contributed by atoms with Crippen LogP contribution in [-0.2, 0) is 6.54 Å². The van der Waals surface area contributed by atoms with Crippen LogP contribution in [0.4, 0.5) is 10.1 Å². The van der Waals surface area contributed by atoms with Crippen LogP contribution in [0.5, 0.6) is 0 Å². The van der Waals surface area contributed by atoms with Crippen molar-refractivity contribution in [2.24, 2.45) is 0 Å². The normalized spacial score (nSPS) is 11.2. The second-order valence-electron chi connectivity index (χ2n) is 4.86. The molecular weight excluding hydrogens is 253 g/mol. The topological polar surface area (TPSA) is 43.8 Å². The molecule has 1 heterocycles. The third kappa shape index (κ3) is 1.84. The highest BCUT2D eigenvalue weighted by Crippen LogP contribution is 2.28. The van der Waals surface area contributed by atoms with E-state index >= 15 is 0 Å². The summed E-state index contributed by atoms with van der Waals surface area (Å²) in [5.41, 5.74) is 9.78. The predicted octanol–water partition coefficient (Wildman–Crippen LogP) is 3.75. The zero-order valence-corrected chi connectivity index (χ0v) is 11.5. The molecule has 2 N–H and O–H groups in total. The first-order chi connectivity index (χ1) is 9.61. The molecule has 102 valence electrons. The first-order valence-corrected chi connectivity index (χ1v) is 6.63. The highest BCUT2D eigenvalue weighted by atomic mass is 19.1. The maximum absolute atomic E-state index is 13.9. The largest absolute Gasteiger partial charge is 0.399 e. The second kappa shape index (κ2) is 4.63. The zero-order valence-electron chi connectivity index (χ0n) is 11.5. The quantitative estimate of drug-likeness (QED) is 0.720. The molecule has 0 spiro atoms. The van der Waals surface area contributed by atoms with Gasteiger partial charge in [-0.2, -0.15) is 0 Å². The van der Waals surface area contributed by atoms with Crippen molar-refractivity contribution in [3.8, 4) is 11.4 Å². The van der Waals surface area contributed by atoms with Crippen LogP contribution in [0.1, 0.15) is 12.5 Å². The number of aryl methyl sites for hydroxylation is 2. The van der Waals surface area contributed by atoms with Crippen molar-refractivity contribution in [2.75, 3.05) is 5.73 Å². The van der Waals surface area contributed by atoms with Crippen LogP contribution in [-0.4, -0.2) is 9.55 Å². The highest BCUT2D eigenvalue weighted by molar-refractivity contribution is 5.81. The fourth-order valence-corrected chi connectivity index (χ4v) is 2.47. The smallest absolute Gasteiger partial charge is 0.151 e. The Kier molecular flexibility index (Phi) is 2.93. The maximum Gasteiger partial charge on any atom is 0.151 e. The van der Waals surface area contributed by atoms with Gasteiger partial charge in [0, 0.05) is 17.8 Å². The Hall–Kier alpha value is -2.36. The molecule has 0 saturated carbocycles. The number of hydrogen-bond acceptors (Lipinski definition) is 2. The minimum atomic E-state index is -0.289. The predicted molar refractivity (Wildman–Crippen MR) is 80.0 cm³/mol. The van der Waals surface area contributed by atoms with E-state index in [9.17, 15) is 4.39 Å². The van der Waals surface area contributed by atoms with Gasteiger partial charge in [0.1, 0.15) is 11.3 Å². The molecular formula is C16H16FN3. The fraction of sp³-hybridized carbons (Fsp3) is 0.188. The van der Waals surface area contributed by atoms with Gasteiger partial charge in [0.25, 0.3) is 0 Å². The summed E-state index contributed by atoms with van der Waals surface area (Å²) < 4.78 is 15.9. The summed E-state index contributed by atoms with van der Waals surface area (Å²) in [6.07, 6.45) is 0. The van der Waals surface area contributed by atoms with E-state index in [0.29, 0.717) is 5.52 Å². The summed E-state index contributed by atoms with van der Waals surface area (Å²) in [6, 6.07) is 10.8. The fourth-order valence-electron chi connectivity index (χ4n) is 2.47. The van der Waals surface area contributed by atoms with Crippen molar-refractivity contribution < 1.29 is 4.39 Å². The van der Waals surface area contributed by atoms with E-state index in [0.717, 1.165) is 34.7 Å². The molecule has 0 bridgehead atoms. The van der Waals surface area contributed by atoms with Gasteiger partial charge in [-0.05, 0) is 49.7 Å². The van der Waals surface area contributed by atoms with E-state index in [1.165, 1.54) is 6.07 Å². The average Bonchev–Trinajstić information content (AvgIpc) is 2.82. The number of hydrogen-bond donors (Lipinski definition) is 1. The Morgan fingerprint density at radius 1 is 1.25 bits per heavy atom. The molecule has 20 heavy (non-hydrogen) atoms. The van der Waals surface area contributed by atoms with Crippen LogP contribution in [0.3, 0.4) is 0 Å². The minimum absolute atomic E-state index is 0.289. The molecule has 3 aromatic rings. The monoisotopic (exact) mass is 269 g/mol.